The molecule has 1 aliphatic carbocycles. The number of nitrogens with zero attached hydrogens (tertiary/aromatic N) is 1. The molecule has 2 N–H and O–H groups in total. The van der Waals surface area contributed by atoms with Crippen LogP contribution in [0.2, 0.25) is 0 Å². The van der Waals surface area contributed by atoms with Crippen molar-refractivity contribution in [2.45, 2.75) is 57.9 Å². The molecule has 1 saturated carbocycles. The van der Waals surface area contributed by atoms with Gasteiger partial charge in [-0.3, -0.25) is 9.79 Å². The Labute approximate surface area is 122 Å². The molecule has 116 valence electrons. The molecule has 0 amide bonds. The van der Waals surface area contributed by atoms with E-state index >= 15 is 0 Å². The lowest BCUT2D eigenvalue weighted by atomic mass is 9.87. The lowest BCUT2D eigenvalue weighted by molar-refractivity contribution is -0.140. The van der Waals surface area contributed by atoms with Crippen LogP contribution in [0.15, 0.2) is 4.99 Å². The zero-order valence-corrected chi connectivity index (χ0v) is 13.1. The van der Waals surface area contributed by atoms with E-state index in [4.69, 9.17) is 0 Å². The summed E-state index contributed by atoms with van der Waals surface area (Å²) in [4.78, 5) is 15.2. The lowest BCUT2D eigenvalue weighted by Crippen LogP contribution is -2.45. The Bertz CT molecular complexity index is 310. The number of carbonyl (C=O) groups excluding carboxylic acids is 1. The van der Waals surface area contributed by atoms with Crippen LogP contribution < -0.4 is 10.6 Å². The van der Waals surface area contributed by atoms with Gasteiger partial charge in [0.15, 0.2) is 5.96 Å². The van der Waals surface area contributed by atoms with Crippen molar-refractivity contribution in [1.29, 1.82) is 0 Å². The van der Waals surface area contributed by atoms with Crippen molar-refractivity contribution in [1.82, 2.24) is 10.6 Å². The number of hydrogen-bond donors (Lipinski definition) is 2. The van der Waals surface area contributed by atoms with Gasteiger partial charge in [0.1, 0.15) is 0 Å². The topological polar surface area (TPSA) is 62.7 Å². The molecule has 5 nitrogen and oxygen atoms in total. The predicted molar refractivity (Wildman–Crippen MR) is 81.8 cm³/mol. The zero-order chi connectivity index (χ0) is 14.8. The summed E-state index contributed by atoms with van der Waals surface area (Å²) in [5.74, 6) is 1.60. The van der Waals surface area contributed by atoms with E-state index in [1.54, 1.807) is 7.05 Å². The minimum absolute atomic E-state index is 0.135. The van der Waals surface area contributed by atoms with Gasteiger partial charge in [-0.25, -0.2) is 0 Å². The first-order valence-corrected chi connectivity index (χ1v) is 7.69. The van der Waals surface area contributed by atoms with Crippen molar-refractivity contribution in [3.63, 3.8) is 0 Å². The van der Waals surface area contributed by atoms with E-state index in [9.17, 15) is 4.79 Å². The number of methoxy groups -OCH3 is 1. The van der Waals surface area contributed by atoms with E-state index in [0.29, 0.717) is 12.5 Å². The number of hydrogen-bond acceptors (Lipinski definition) is 3. The summed E-state index contributed by atoms with van der Waals surface area (Å²) in [6, 6.07) is 0.549. The van der Waals surface area contributed by atoms with Crippen LogP contribution in [-0.2, 0) is 9.53 Å². The zero-order valence-electron chi connectivity index (χ0n) is 13.1. The molecule has 0 radical (unpaired) electrons. The van der Waals surface area contributed by atoms with Crippen LogP contribution in [0, 0.1) is 5.92 Å². The van der Waals surface area contributed by atoms with E-state index in [1.807, 2.05) is 0 Å². The first-order chi connectivity index (χ1) is 9.65. The maximum Gasteiger partial charge on any atom is 0.305 e. The molecule has 0 heterocycles. The SMILES string of the molecule is CN=C(NCCCCC(=O)OC)NC1CCC(C)CC1. The molecule has 0 atom stereocenters. The summed E-state index contributed by atoms with van der Waals surface area (Å²) in [6.07, 6.45) is 7.33. The molecule has 1 aliphatic rings. The van der Waals surface area contributed by atoms with Crippen LogP contribution in [0.1, 0.15) is 51.9 Å². The highest BCUT2D eigenvalue weighted by Crippen LogP contribution is 2.23. The quantitative estimate of drug-likeness (QED) is 0.339. The molecular weight excluding hydrogens is 254 g/mol. The summed E-state index contributed by atoms with van der Waals surface area (Å²) in [5.41, 5.74) is 0. The first-order valence-electron chi connectivity index (χ1n) is 7.69. The van der Waals surface area contributed by atoms with Crippen molar-refractivity contribution in [3.8, 4) is 0 Å². The van der Waals surface area contributed by atoms with Gasteiger partial charge in [0, 0.05) is 26.1 Å². The molecule has 0 saturated heterocycles. The van der Waals surface area contributed by atoms with E-state index < -0.39 is 0 Å². The molecule has 0 unspecified atom stereocenters. The fourth-order valence-corrected chi connectivity index (χ4v) is 2.50. The number of esters is 1. The largest absolute Gasteiger partial charge is 0.469 e. The van der Waals surface area contributed by atoms with E-state index in [-0.39, 0.29) is 5.97 Å². The van der Waals surface area contributed by atoms with Crippen molar-refractivity contribution in [2.75, 3.05) is 20.7 Å². The third-order valence-corrected chi connectivity index (χ3v) is 3.91. The standard InChI is InChI=1S/C15H29N3O2/c1-12-7-9-13(10-8-12)18-15(16-2)17-11-5-4-6-14(19)20-3/h12-13H,4-11H2,1-3H3,(H2,16,17,18). The normalized spacial score (nSPS) is 23.2. The molecule has 0 aromatic carbocycles. The van der Waals surface area contributed by atoms with Crippen molar-refractivity contribution in [2.24, 2.45) is 10.9 Å². The second kappa shape index (κ2) is 9.61. The number of ether oxygens (including phenoxy) is 1. The number of rotatable bonds is 6. The number of carbonyl (C=O) groups is 1. The average Bonchev–Trinajstić information content (AvgIpc) is 2.47. The highest BCUT2D eigenvalue weighted by molar-refractivity contribution is 5.79. The molecule has 20 heavy (non-hydrogen) atoms. The molecule has 0 spiro atoms. The summed E-state index contributed by atoms with van der Waals surface area (Å²) in [7, 11) is 3.23. The summed E-state index contributed by atoms with van der Waals surface area (Å²) in [6.45, 7) is 3.16. The molecule has 5 heteroatoms. The third kappa shape index (κ3) is 6.78. The van der Waals surface area contributed by atoms with E-state index in [2.05, 4.69) is 27.3 Å². The fourth-order valence-electron chi connectivity index (χ4n) is 2.50. The Balaban J connectivity index is 2.12. The second-order valence-electron chi connectivity index (χ2n) is 5.63. The molecule has 0 bridgehead atoms. The van der Waals surface area contributed by atoms with Gasteiger partial charge in [-0.1, -0.05) is 6.92 Å². The molecule has 1 fully saturated rings. The Morgan fingerprint density at radius 2 is 1.95 bits per heavy atom. The highest BCUT2D eigenvalue weighted by Gasteiger charge is 2.18. The van der Waals surface area contributed by atoms with Crippen molar-refractivity contribution in [3.05, 3.63) is 0 Å². The van der Waals surface area contributed by atoms with Gasteiger partial charge in [0.25, 0.3) is 0 Å². The Morgan fingerprint density at radius 3 is 2.55 bits per heavy atom. The Kier molecular flexibility index (Phi) is 8.07. The van der Waals surface area contributed by atoms with Gasteiger partial charge in [0.2, 0.25) is 0 Å². The van der Waals surface area contributed by atoms with Crippen LogP contribution in [-0.4, -0.2) is 38.7 Å². The lowest BCUT2D eigenvalue weighted by Gasteiger charge is -2.28. The molecule has 0 aromatic rings. The highest BCUT2D eigenvalue weighted by atomic mass is 16.5. The molecular formula is C15H29N3O2. The number of nitrogens with one attached hydrogen (secondary N) is 2. The van der Waals surface area contributed by atoms with Crippen LogP contribution in [0.3, 0.4) is 0 Å². The van der Waals surface area contributed by atoms with Crippen LogP contribution in [0.5, 0.6) is 0 Å². The minimum atomic E-state index is -0.135. The van der Waals surface area contributed by atoms with Crippen LogP contribution in [0.25, 0.3) is 0 Å². The summed E-state index contributed by atoms with van der Waals surface area (Å²) >= 11 is 0. The smallest absolute Gasteiger partial charge is 0.305 e. The maximum atomic E-state index is 11.0. The van der Waals surface area contributed by atoms with Gasteiger partial charge in [-0.2, -0.15) is 0 Å². The molecule has 0 aliphatic heterocycles. The third-order valence-electron chi connectivity index (χ3n) is 3.91. The van der Waals surface area contributed by atoms with E-state index in [1.165, 1.54) is 32.8 Å². The van der Waals surface area contributed by atoms with Crippen molar-refractivity contribution < 1.29 is 9.53 Å². The van der Waals surface area contributed by atoms with Gasteiger partial charge >= 0.3 is 5.97 Å². The second-order valence-corrected chi connectivity index (χ2v) is 5.63. The van der Waals surface area contributed by atoms with Crippen LogP contribution in [0.4, 0.5) is 0 Å². The molecule has 0 aromatic heterocycles. The number of guanidine groups is 1. The fraction of sp³-hybridized carbons (Fsp3) is 0.867. The van der Waals surface area contributed by atoms with E-state index in [0.717, 1.165) is 31.3 Å². The van der Waals surface area contributed by atoms with Crippen LogP contribution >= 0.6 is 0 Å². The molecule has 1 rings (SSSR count). The first kappa shape index (κ1) is 16.8. The van der Waals surface area contributed by atoms with Gasteiger partial charge in [-0.15, -0.1) is 0 Å². The van der Waals surface area contributed by atoms with Gasteiger partial charge < -0.3 is 15.4 Å². The average molecular weight is 283 g/mol. The Morgan fingerprint density at radius 1 is 1.25 bits per heavy atom. The Hall–Kier alpha value is -1.26. The maximum absolute atomic E-state index is 11.0. The number of unbranched alkanes of at least 4 members (excludes halogenated alkanes) is 1. The van der Waals surface area contributed by atoms with Crippen molar-refractivity contribution >= 4 is 11.9 Å². The minimum Gasteiger partial charge on any atom is -0.469 e. The van der Waals surface area contributed by atoms with Gasteiger partial charge in [0.05, 0.1) is 7.11 Å². The number of aliphatic imine (C=N–C) groups is 1. The summed E-state index contributed by atoms with van der Waals surface area (Å²) in [5, 5.41) is 6.79. The predicted octanol–water partition coefficient (Wildman–Crippen LogP) is 2.07. The van der Waals surface area contributed by atoms with Gasteiger partial charge in [-0.05, 0) is 44.4 Å². The summed E-state index contributed by atoms with van der Waals surface area (Å²) < 4.78 is 4.61. The monoisotopic (exact) mass is 283 g/mol.